The monoisotopic (exact) mass is 253 g/mol. The van der Waals surface area contributed by atoms with Gasteiger partial charge in [0.15, 0.2) is 5.82 Å². The maximum absolute atomic E-state index is 11.1. The summed E-state index contributed by atoms with van der Waals surface area (Å²) in [7, 11) is 0. The molecule has 1 heterocycles. The number of aromatic nitrogens is 4. The topological polar surface area (TPSA) is 92.9 Å². The zero-order valence-electron chi connectivity index (χ0n) is 10.7. The van der Waals surface area contributed by atoms with Crippen molar-refractivity contribution in [3.05, 3.63) is 5.82 Å². The fourth-order valence-corrected chi connectivity index (χ4v) is 1.89. The van der Waals surface area contributed by atoms with Crippen LogP contribution in [0.25, 0.3) is 0 Å². The lowest BCUT2D eigenvalue weighted by molar-refractivity contribution is -0.140. The van der Waals surface area contributed by atoms with Crippen LogP contribution in [0.4, 0.5) is 0 Å². The second-order valence-electron chi connectivity index (χ2n) is 5.17. The van der Waals surface area contributed by atoms with Crippen molar-refractivity contribution in [2.75, 3.05) is 0 Å². The Bertz CT molecular complexity index is 413. The Morgan fingerprint density at radius 3 is 2.83 bits per heavy atom. The number of rotatable bonds is 7. The van der Waals surface area contributed by atoms with Crippen molar-refractivity contribution in [3.8, 4) is 0 Å². The minimum absolute atomic E-state index is 0.332. The van der Waals surface area contributed by atoms with E-state index in [1.165, 1.54) is 0 Å². The molecule has 7 heteroatoms. The number of nitrogens with one attached hydrogen (secondary N) is 1. The van der Waals surface area contributed by atoms with Gasteiger partial charge in [0.05, 0.1) is 12.6 Å². The van der Waals surface area contributed by atoms with Crippen LogP contribution in [0.3, 0.4) is 0 Å². The molecule has 1 aliphatic rings. The second kappa shape index (κ2) is 5.43. The highest BCUT2D eigenvalue weighted by molar-refractivity contribution is 5.73. The summed E-state index contributed by atoms with van der Waals surface area (Å²) in [6, 6.07) is -0.139. The molecule has 0 bridgehead atoms. The predicted molar refractivity (Wildman–Crippen MR) is 63.8 cm³/mol. The molecule has 100 valence electrons. The molecule has 0 radical (unpaired) electrons. The third kappa shape index (κ3) is 3.25. The Balaban J connectivity index is 1.91. The van der Waals surface area contributed by atoms with Gasteiger partial charge in [-0.25, -0.2) is 4.68 Å². The van der Waals surface area contributed by atoms with Crippen LogP contribution in [0.5, 0.6) is 0 Å². The Hall–Kier alpha value is -1.50. The Labute approximate surface area is 106 Å². The zero-order chi connectivity index (χ0) is 13.1. The van der Waals surface area contributed by atoms with E-state index in [1.54, 1.807) is 4.68 Å². The van der Waals surface area contributed by atoms with Gasteiger partial charge in [-0.3, -0.25) is 10.1 Å². The van der Waals surface area contributed by atoms with Crippen molar-refractivity contribution in [1.82, 2.24) is 25.5 Å². The van der Waals surface area contributed by atoms with Crippen molar-refractivity contribution in [2.45, 2.75) is 51.7 Å². The highest BCUT2D eigenvalue weighted by Crippen LogP contribution is 2.34. The molecule has 1 saturated carbocycles. The zero-order valence-corrected chi connectivity index (χ0v) is 10.7. The first kappa shape index (κ1) is 12.9. The fraction of sp³-hybridized carbons (Fsp3) is 0.818. The van der Waals surface area contributed by atoms with E-state index in [0.29, 0.717) is 30.7 Å². The average molecular weight is 253 g/mol. The van der Waals surface area contributed by atoms with E-state index >= 15 is 0 Å². The minimum Gasteiger partial charge on any atom is -0.480 e. The first-order valence-electron chi connectivity index (χ1n) is 6.31. The van der Waals surface area contributed by atoms with E-state index in [2.05, 4.69) is 20.8 Å². The van der Waals surface area contributed by atoms with Crippen molar-refractivity contribution in [1.29, 1.82) is 0 Å². The molecule has 1 aliphatic carbocycles. The predicted octanol–water partition coefficient (Wildman–Crippen LogP) is 0.597. The summed E-state index contributed by atoms with van der Waals surface area (Å²) in [5.74, 6) is 0.222. The molecule has 7 nitrogen and oxygen atoms in total. The average Bonchev–Trinajstić information content (AvgIpc) is 3.03. The number of hydrogen-bond acceptors (Lipinski definition) is 5. The van der Waals surface area contributed by atoms with E-state index in [1.807, 2.05) is 13.8 Å². The molecule has 1 unspecified atom stereocenters. The molecule has 2 rings (SSSR count). The number of carboxylic acids is 1. The third-order valence-electron chi connectivity index (χ3n) is 2.97. The van der Waals surface area contributed by atoms with Crippen LogP contribution < -0.4 is 5.32 Å². The van der Waals surface area contributed by atoms with Crippen molar-refractivity contribution >= 4 is 5.97 Å². The second-order valence-corrected chi connectivity index (χ2v) is 5.17. The maximum Gasteiger partial charge on any atom is 0.320 e. The molecule has 1 aromatic rings. The molecular formula is C11H19N5O2. The van der Waals surface area contributed by atoms with Gasteiger partial charge in [-0.2, -0.15) is 0 Å². The summed E-state index contributed by atoms with van der Waals surface area (Å²) in [6.07, 6.45) is 2.80. The van der Waals surface area contributed by atoms with Crippen LogP contribution in [-0.2, 0) is 11.3 Å². The molecule has 0 spiro atoms. The van der Waals surface area contributed by atoms with E-state index < -0.39 is 12.0 Å². The lowest BCUT2D eigenvalue weighted by atomic mass is 10.0. The van der Waals surface area contributed by atoms with Crippen molar-refractivity contribution < 1.29 is 9.90 Å². The normalized spacial score (nSPS) is 17.1. The molecule has 1 fully saturated rings. The lowest BCUT2D eigenvalue weighted by Gasteiger charge is -2.16. The molecule has 0 amide bonds. The summed E-state index contributed by atoms with van der Waals surface area (Å²) in [5.41, 5.74) is 0. The van der Waals surface area contributed by atoms with Gasteiger partial charge < -0.3 is 5.11 Å². The van der Waals surface area contributed by atoms with Crippen molar-refractivity contribution in [3.63, 3.8) is 0 Å². The van der Waals surface area contributed by atoms with E-state index in [9.17, 15) is 4.79 Å². The lowest BCUT2D eigenvalue weighted by Crippen LogP contribution is -2.38. The van der Waals surface area contributed by atoms with Crippen LogP contribution >= 0.6 is 0 Å². The van der Waals surface area contributed by atoms with Crippen LogP contribution in [0.1, 0.15) is 45.0 Å². The minimum atomic E-state index is -0.825. The number of carboxylic acid groups (broad SMARTS) is 1. The smallest absolute Gasteiger partial charge is 0.320 e. The van der Waals surface area contributed by atoms with Gasteiger partial charge in [-0.15, -0.1) is 5.10 Å². The SMILES string of the molecule is CC(C)CC(NCc1nnnn1C1CC1)C(=O)O. The molecule has 1 aromatic heterocycles. The number of hydrogen-bond donors (Lipinski definition) is 2. The summed E-state index contributed by atoms with van der Waals surface area (Å²) < 4.78 is 1.79. The Morgan fingerprint density at radius 1 is 1.56 bits per heavy atom. The summed E-state index contributed by atoms with van der Waals surface area (Å²) in [6.45, 7) is 4.41. The summed E-state index contributed by atoms with van der Waals surface area (Å²) in [5, 5.41) is 23.6. The molecular weight excluding hydrogens is 234 g/mol. The first-order chi connectivity index (χ1) is 8.58. The number of nitrogens with zero attached hydrogens (tertiary/aromatic N) is 4. The number of carbonyl (C=O) groups is 1. The Kier molecular flexibility index (Phi) is 3.90. The molecule has 1 atom stereocenters. The van der Waals surface area contributed by atoms with Gasteiger partial charge in [0.2, 0.25) is 0 Å². The van der Waals surface area contributed by atoms with Crippen LogP contribution in [0.2, 0.25) is 0 Å². The summed E-state index contributed by atoms with van der Waals surface area (Å²) >= 11 is 0. The van der Waals surface area contributed by atoms with Crippen LogP contribution in [-0.4, -0.2) is 37.3 Å². The molecule has 18 heavy (non-hydrogen) atoms. The standard InChI is InChI=1S/C11H19N5O2/c1-7(2)5-9(11(17)18)12-6-10-13-14-15-16(10)8-3-4-8/h7-9,12H,3-6H2,1-2H3,(H,17,18). The molecule has 0 saturated heterocycles. The molecule has 0 aliphatic heterocycles. The van der Waals surface area contributed by atoms with Gasteiger partial charge in [-0.1, -0.05) is 13.8 Å². The highest BCUT2D eigenvalue weighted by atomic mass is 16.4. The molecule has 0 aromatic carbocycles. The van der Waals surface area contributed by atoms with Gasteiger partial charge in [0.25, 0.3) is 0 Å². The fourth-order valence-electron chi connectivity index (χ4n) is 1.89. The molecule has 2 N–H and O–H groups in total. The van der Waals surface area contributed by atoms with Gasteiger partial charge in [0.1, 0.15) is 6.04 Å². The van der Waals surface area contributed by atoms with Crippen LogP contribution in [0.15, 0.2) is 0 Å². The maximum atomic E-state index is 11.1. The van der Waals surface area contributed by atoms with Crippen LogP contribution in [0, 0.1) is 5.92 Å². The van der Waals surface area contributed by atoms with E-state index in [-0.39, 0.29) is 0 Å². The quantitative estimate of drug-likeness (QED) is 0.739. The number of aliphatic carboxylic acids is 1. The van der Waals surface area contributed by atoms with Gasteiger partial charge >= 0.3 is 5.97 Å². The largest absolute Gasteiger partial charge is 0.480 e. The summed E-state index contributed by atoms with van der Waals surface area (Å²) in [4.78, 5) is 11.1. The number of tetrazole rings is 1. The first-order valence-corrected chi connectivity index (χ1v) is 6.31. The third-order valence-corrected chi connectivity index (χ3v) is 2.97. The van der Waals surface area contributed by atoms with E-state index in [0.717, 1.165) is 12.8 Å². The van der Waals surface area contributed by atoms with Gasteiger partial charge in [0, 0.05) is 0 Å². The van der Waals surface area contributed by atoms with Gasteiger partial charge in [-0.05, 0) is 35.6 Å². The van der Waals surface area contributed by atoms with Crippen molar-refractivity contribution in [2.24, 2.45) is 5.92 Å². The Morgan fingerprint density at radius 2 is 2.28 bits per heavy atom. The van der Waals surface area contributed by atoms with E-state index in [4.69, 9.17) is 5.11 Å². The highest BCUT2D eigenvalue weighted by Gasteiger charge is 2.28.